The minimum Gasteiger partial charge on any atom is -0.409 e. The average Bonchev–Trinajstić information content (AvgIpc) is 2.68. The van der Waals surface area contributed by atoms with Gasteiger partial charge in [-0.05, 0) is 23.6 Å². The molecule has 0 unspecified atom stereocenters. The molecule has 4 nitrogen and oxygen atoms in total. The third-order valence-electron chi connectivity index (χ3n) is 3.67. The predicted octanol–water partition coefficient (Wildman–Crippen LogP) is 5.78. The minimum absolute atomic E-state index is 0.163. The normalized spacial score (nSPS) is 14.2. The molecule has 3 rings (SSSR count). The molecule has 0 atom stereocenters. The van der Waals surface area contributed by atoms with Gasteiger partial charge in [0.1, 0.15) is 5.76 Å². The third kappa shape index (κ3) is 5.71. The topological polar surface area (TPSA) is 44.8 Å². The van der Waals surface area contributed by atoms with Crippen LogP contribution in [0.2, 0.25) is 0 Å². The van der Waals surface area contributed by atoms with Crippen molar-refractivity contribution in [2.24, 2.45) is 0 Å². The quantitative estimate of drug-likeness (QED) is 0.563. The highest BCUT2D eigenvalue weighted by Crippen LogP contribution is 2.53. The number of hydrogen-bond acceptors (Lipinski definition) is 4. The molecule has 0 saturated heterocycles. The molecule has 1 aliphatic carbocycles. The maximum Gasteiger partial charge on any atom is 0.530 e. The van der Waals surface area contributed by atoms with Crippen molar-refractivity contribution in [2.75, 3.05) is 0 Å². The summed E-state index contributed by atoms with van der Waals surface area (Å²) < 4.78 is 29.9. The van der Waals surface area contributed by atoms with Crippen LogP contribution < -0.4 is 0 Å². The third-order valence-corrected chi connectivity index (χ3v) is 5.02. The average molecular weight is 356 g/mol. The number of allylic oxidation sites excluding steroid dienone is 4. The van der Waals surface area contributed by atoms with Gasteiger partial charge in [0, 0.05) is 6.42 Å². The molecule has 0 aromatic heterocycles. The van der Waals surface area contributed by atoms with Gasteiger partial charge >= 0.3 is 7.82 Å². The first kappa shape index (κ1) is 17.7. The smallest absolute Gasteiger partial charge is 0.409 e. The van der Waals surface area contributed by atoms with E-state index < -0.39 is 7.82 Å². The standard InChI is InChI=1S/C20H21O4P/c21-25(24-20-14-8-3-9-15-20,22-16-18-10-4-1-5-11-18)23-17-19-12-6-2-7-13-19/h1-8,10-14H,9,15-17H2. The summed E-state index contributed by atoms with van der Waals surface area (Å²) in [7, 11) is -3.72. The summed E-state index contributed by atoms with van der Waals surface area (Å²) in [5.41, 5.74) is 1.82. The molecule has 2 aromatic carbocycles. The van der Waals surface area contributed by atoms with Gasteiger partial charge in [-0.3, -0.25) is 9.05 Å². The molecule has 0 heterocycles. The molecule has 0 saturated carbocycles. The lowest BCUT2D eigenvalue weighted by molar-refractivity contribution is 0.121. The molecule has 0 spiro atoms. The predicted molar refractivity (Wildman–Crippen MR) is 97.6 cm³/mol. The van der Waals surface area contributed by atoms with Crippen LogP contribution in [0.15, 0.2) is 84.7 Å². The highest BCUT2D eigenvalue weighted by Gasteiger charge is 2.30. The van der Waals surface area contributed by atoms with E-state index in [1.54, 1.807) is 6.08 Å². The number of benzene rings is 2. The highest BCUT2D eigenvalue weighted by molar-refractivity contribution is 7.48. The van der Waals surface area contributed by atoms with Crippen molar-refractivity contribution in [2.45, 2.75) is 26.1 Å². The van der Waals surface area contributed by atoms with E-state index in [0.29, 0.717) is 12.2 Å². The van der Waals surface area contributed by atoms with Crippen LogP contribution >= 0.6 is 7.82 Å². The van der Waals surface area contributed by atoms with Crippen LogP contribution in [0, 0.1) is 0 Å². The lowest BCUT2D eigenvalue weighted by atomic mass is 10.2. The Morgan fingerprint density at radius 3 is 1.88 bits per heavy atom. The van der Waals surface area contributed by atoms with E-state index in [4.69, 9.17) is 13.6 Å². The molecule has 25 heavy (non-hydrogen) atoms. The summed E-state index contributed by atoms with van der Waals surface area (Å²) in [6.45, 7) is 0.325. The van der Waals surface area contributed by atoms with Gasteiger partial charge in [-0.15, -0.1) is 0 Å². The summed E-state index contributed by atoms with van der Waals surface area (Å²) in [5.74, 6) is 0.618. The Morgan fingerprint density at radius 1 is 0.840 bits per heavy atom. The summed E-state index contributed by atoms with van der Waals surface area (Å²) >= 11 is 0. The molecule has 5 heteroatoms. The Morgan fingerprint density at radius 2 is 1.40 bits per heavy atom. The van der Waals surface area contributed by atoms with Gasteiger partial charge in [-0.1, -0.05) is 72.8 Å². The summed E-state index contributed by atoms with van der Waals surface area (Å²) in [6, 6.07) is 19.1. The van der Waals surface area contributed by atoms with E-state index in [-0.39, 0.29) is 13.2 Å². The summed E-state index contributed by atoms with van der Waals surface area (Å²) in [6.07, 6.45) is 7.26. The van der Waals surface area contributed by atoms with Gasteiger partial charge in [0.15, 0.2) is 0 Å². The van der Waals surface area contributed by atoms with Gasteiger partial charge in [-0.25, -0.2) is 4.57 Å². The fourth-order valence-electron chi connectivity index (χ4n) is 2.35. The van der Waals surface area contributed by atoms with Crippen LogP contribution in [0.5, 0.6) is 0 Å². The molecule has 0 bridgehead atoms. The first-order valence-electron chi connectivity index (χ1n) is 8.26. The second kappa shape index (κ2) is 8.82. The van der Waals surface area contributed by atoms with Crippen molar-refractivity contribution in [1.82, 2.24) is 0 Å². The van der Waals surface area contributed by atoms with Crippen LogP contribution in [-0.4, -0.2) is 0 Å². The van der Waals surface area contributed by atoms with Crippen molar-refractivity contribution < 1.29 is 18.1 Å². The second-order valence-electron chi connectivity index (χ2n) is 5.66. The van der Waals surface area contributed by atoms with Crippen LogP contribution in [0.1, 0.15) is 24.0 Å². The van der Waals surface area contributed by atoms with Gasteiger partial charge < -0.3 is 4.52 Å². The van der Waals surface area contributed by atoms with Gasteiger partial charge in [0.25, 0.3) is 0 Å². The second-order valence-corrected chi connectivity index (χ2v) is 7.25. The maximum absolute atomic E-state index is 13.1. The van der Waals surface area contributed by atoms with E-state index in [1.165, 1.54) is 0 Å². The van der Waals surface area contributed by atoms with E-state index in [1.807, 2.05) is 72.8 Å². The molecule has 0 amide bonds. The zero-order chi connectivity index (χ0) is 17.4. The maximum atomic E-state index is 13.1. The number of rotatable bonds is 8. The Labute approximate surface area is 148 Å². The zero-order valence-corrected chi connectivity index (χ0v) is 14.8. The van der Waals surface area contributed by atoms with E-state index >= 15 is 0 Å². The van der Waals surface area contributed by atoms with Crippen LogP contribution in [0.4, 0.5) is 0 Å². The first-order chi connectivity index (χ1) is 12.2. The lowest BCUT2D eigenvalue weighted by Gasteiger charge is -2.21. The van der Waals surface area contributed by atoms with Crippen molar-refractivity contribution in [3.63, 3.8) is 0 Å². The molecule has 1 aliphatic rings. The van der Waals surface area contributed by atoms with Crippen molar-refractivity contribution >= 4 is 7.82 Å². The molecule has 0 N–H and O–H groups in total. The number of phosphoric acid groups is 1. The molecular formula is C20H21O4P. The molecule has 130 valence electrons. The summed E-state index contributed by atoms with van der Waals surface area (Å²) in [4.78, 5) is 0. The van der Waals surface area contributed by atoms with Crippen molar-refractivity contribution in [1.29, 1.82) is 0 Å². The van der Waals surface area contributed by atoms with E-state index in [0.717, 1.165) is 17.5 Å². The van der Waals surface area contributed by atoms with Gasteiger partial charge in [-0.2, -0.15) is 0 Å². The molecule has 0 aliphatic heterocycles. The Bertz CT molecular complexity index is 721. The van der Waals surface area contributed by atoms with Crippen LogP contribution in [-0.2, 0) is 31.4 Å². The monoisotopic (exact) mass is 356 g/mol. The summed E-state index contributed by atoms with van der Waals surface area (Å²) in [5, 5.41) is 0. The fourth-order valence-corrected chi connectivity index (χ4v) is 3.58. The SMILES string of the molecule is O=P(OCc1ccccc1)(OCc1ccccc1)OC1=CC=CCC1. The first-order valence-corrected chi connectivity index (χ1v) is 9.72. The minimum atomic E-state index is -3.72. The zero-order valence-electron chi connectivity index (χ0n) is 13.9. The van der Waals surface area contributed by atoms with Crippen molar-refractivity contribution in [3.8, 4) is 0 Å². The van der Waals surface area contributed by atoms with E-state index in [9.17, 15) is 4.57 Å². The van der Waals surface area contributed by atoms with Crippen LogP contribution in [0.25, 0.3) is 0 Å². The Kier molecular flexibility index (Phi) is 6.24. The van der Waals surface area contributed by atoms with E-state index in [2.05, 4.69) is 0 Å². The fraction of sp³-hybridized carbons (Fsp3) is 0.200. The highest BCUT2D eigenvalue weighted by atomic mass is 31.2. The van der Waals surface area contributed by atoms with Crippen molar-refractivity contribution in [3.05, 3.63) is 95.8 Å². The number of hydrogen-bond donors (Lipinski definition) is 0. The van der Waals surface area contributed by atoms with Gasteiger partial charge in [0.2, 0.25) is 0 Å². The number of phosphoric ester groups is 1. The molecule has 0 radical (unpaired) electrons. The Hall–Kier alpha value is -2.13. The molecule has 2 aromatic rings. The Balaban J connectivity index is 1.68. The van der Waals surface area contributed by atoms with Gasteiger partial charge in [0.05, 0.1) is 13.2 Å². The van der Waals surface area contributed by atoms with Crippen LogP contribution in [0.3, 0.4) is 0 Å². The lowest BCUT2D eigenvalue weighted by Crippen LogP contribution is -2.02. The largest absolute Gasteiger partial charge is 0.530 e. The molecule has 0 fully saturated rings. The molecular weight excluding hydrogens is 335 g/mol.